The number of ether oxygens (including phenoxy) is 1. The highest BCUT2D eigenvalue weighted by atomic mass is 16.5. The van der Waals surface area contributed by atoms with Gasteiger partial charge in [-0.3, -0.25) is 9.59 Å². The van der Waals surface area contributed by atoms with Gasteiger partial charge in [0.2, 0.25) is 0 Å². The molecule has 4 heteroatoms. The van der Waals surface area contributed by atoms with Gasteiger partial charge >= 0.3 is 11.9 Å². The number of carboxylic acids is 1. The summed E-state index contributed by atoms with van der Waals surface area (Å²) < 4.78 is 5.93. The predicted octanol–water partition coefficient (Wildman–Crippen LogP) is 11.5. The second kappa shape index (κ2) is 31.2. The maximum Gasteiger partial charge on any atom is 0.306 e. The number of carboxylic acid groups (broad SMARTS) is 1. The van der Waals surface area contributed by atoms with E-state index in [4.69, 9.17) is 9.84 Å². The smallest absolute Gasteiger partial charge is 0.306 e. The van der Waals surface area contributed by atoms with Gasteiger partial charge in [-0.2, -0.15) is 0 Å². The van der Waals surface area contributed by atoms with E-state index >= 15 is 0 Å². The van der Waals surface area contributed by atoms with E-state index in [1.54, 1.807) is 0 Å². The van der Waals surface area contributed by atoms with Crippen LogP contribution in [0.3, 0.4) is 0 Å². The van der Waals surface area contributed by atoms with Crippen LogP contribution in [0.15, 0.2) is 12.2 Å². The Bertz CT molecular complexity index is 557. The topological polar surface area (TPSA) is 63.6 Å². The third kappa shape index (κ3) is 31.1. The van der Waals surface area contributed by atoms with Crippen molar-refractivity contribution in [1.82, 2.24) is 0 Å². The van der Waals surface area contributed by atoms with Crippen LogP contribution in [-0.2, 0) is 14.3 Å². The number of esters is 1. The molecule has 1 N–H and O–H groups in total. The van der Waals surface area contributed by atoms with Crippen LogP contribution in [-0.4, -0.2) is 23.1 Å². The summed E-state index contributed by atoms with van der Waals surface area (Å²) in [6.07, 6.45) is 36.4. The van der Waals surface area contributed by atoms with Crippen LogP contribution in [0.4, 0.5) is 0 Å². The molecule has 0 aromatic carbocycles. The summed E-state index contributed by atoms with van der Waals surface area (Å²) in [6, 6.07) is 0. The number of hydrogen-bond acceptors (Lipinski definition) is 3. The van der Waals surface area contributed by atoms with Gasteiger partial charge in [0.15, 0.2) is 0 Å². The molecule has 0 heterocycles. The van der Waals surface area contributed by atoms with Crippen molar-refractivity contribution < 1.29 is 19.4 Å². The van der Waals surface area contributed by atoms with Gasteiger partial charge < -0.3 is 9.84 Å². The fourth-order valence-electron chi connectivity index (χ4n) is 5.18. The summed E-state index contributed by atoms with van der Waals surface area (Å²) >= 11 is 0. The van der Waals surface area contributed by atoms with Gasteiger partial charge in [0.1, 0.15) is 6.10 Å². The SMILES string of the molecule is CCCCCC/C=C\CCCCCCCCC(=O)OC(CCCCCCCCCC)CCCCCCC(=O)O. The molecular weight excluding hydrogens is 484 g/mol. The van der Waals surface area contributed by atoms with Crippen molar-refractivity contribution in [3.63, 3.8) is 0 Å². The normalized spacial score (nSPS) is 12.3. The minimum Gasteiger partial charge on any atom is -0.481 e. The first-order chi connectivity index (χ1) is 19.1. The summed E-state index contributed by atoms with van der Waals surface area (Å²) in [5, 5.41) is 8.80. The molecule has 1 atom stereocenters. The van der Waals surface area contributed by atoms with E-state index < -0.39 is 5.97 Å². The Labute approximate surface area is 243 Å². The highest BCUT2D eigenvalue weighted by Gasteiger charge is 2.14. The summed E-state index contributed by atoms with van der Waals surface area (Å²) in [6.45, 7) is 4.51. The Hall–Kier alpha value is -1.32. The molecule has 0 aliphatic carbocycles. The van der Waals surface area contributed by atoms with E-state index in [2.05, 4.69) is 26.0 Å². The molecule has 0 aliphatic heterocycles. The largest absolute Gasteiger partial charge is 0.481 e. The average molecular weight is 551 g/mol. The van der Waals surface area contributed by atoms with Crippen molar-refractivity contribution >= 4 is 11.9 Å². The first-order valence-electron chi connectivity index (χ1n) is 17.2. The summed E-state index contributed by atoms with van der Waals surface area (Å²) in [5.74, 6) is -0.730. The van der Waals surface area contributed by atoms with Gasteiger partial charge in [-0.25, -0.2) is 0 Å². The van der Waals surface area contributed by atoms with Crippen LogP contribution in [0.5, 0.6) is 0 Å². The molecule has 0 saturated carbocycles. The maximum atomic E-state index is 12.5. The van der Waals surface area contributed by atoms with Crippen LogP contribution in [0.25, 0.3) is 0 Å². The molecule has 0 fully saturated rings. The molecule has 0 aliphatic rings. The van der Waals surface area contributed by atoms with Gasteiger partial charge in [0, 0.05) is 12.8 Å². The van der Waals surface area contributed by atoms with Crippen LogP contribution < -0.4 is 0 Å². The van der Waals surface area contributed by atoms with Crippen molar-refractivity contribution in [2.24, 2.45) is 0 Å². The molecular formula is C35H66O4. The Morgan fingerprint density at radius 2 is 0.923 bits per heavy atom. The van der Waals surface area contributed by atoms with Gasteiger partial charge in [0.05, 0.1) is 0 Å². The zero-order valence-electron chi connectivity index (χ0n) is 26.2. The van der Waals surface area contributed by atoms with E-state index in [0.717, 1.165) is 57.8 Å². The van der Waals surface area contributed by atoms with Crippen molar-refractivity contribution in [3.8, 4) is 0 Å². The average Bonchev–Trinajstić information content (AvgIpc) is 2.91. The summed E-state index contributed by atoms with van der Waals surface area (Å²) in [7, 11) is 0. The molecule has 230 valence electrons. The first-order valence-corrected chi connectivity index (χ1v) is 17.2. The highest BCUT2D eigenvalue weighted by Crippen LogP contribution is 2.18. The number of unbranched alkanes of at least 4 members (excludes halogenated alkanes) is 20. The molecule has 0 spiro atoms. The third-order valence-corrected chi connectivity index (χ3v) is 7.74. The number of hydrogen-bond donors (Lipinski definition) is 1. The maximum absolute atomic E-state index is 12.5. The van der Waals surface area contributed by atoms with E-state index in [1.165, 1.54) is 109 Å². The Morgan fingerprint density at radius 1 is 0.538 bits per heavy atom. The predicted molar refractivity (Wildman–Crippen MR) is 167 cm³/mol. The standard InChI is InChI=1S/C35H66O4/c1-3-5-7-9-11-13-14-15-16-17-18-20-22-28-32-35(38)39-33(30-26-23-24-27-31-34(36)37)29-25-21-19-12-10-8-6-4-2/h13-14,33H,3-12,15-32H2,1-2H3,(H,36,37)/b14-13-. The monoisotopic (exact) mass is 550 g/mol. The molecule has 0 aromatic heterocycles. The lowest BCUT2D eigenvalue weighted by Crippen LogP contribution is -2.18. The van der Waals surface area contributed by atoms with Crippen molar-refractivity contribution in [2.45, 2.75) is 200 Å². The lowest BCUT2D eigenvalue weighted by atomic mass is 10.0. The first kappa shape index (κ1) is 37.7. The van der Waals surface area contributed by atoms with Gasteiger partial charge in [0.25, 0.3) is 0 Å². The minimum absolute atomic E-state index is 0.0190. The second-order valence-electron chi connectivity index (χ2n) is 11.7. The minimum atomic E-state index is -0.711. The molecule has 0 saturated heterocycles. The lowest BCUT2D eigenvalue weighted by molar-refractivity contribution is -0.150. The van der Waals surface area contributed by atoms with Crippen molar-refractivity contribution in [3.05, 3.63) is 12.2 Å². The van der Waals surface area contributed by atoms with Gasteiger partial charge in [-0.15, -0.1) is 0 Å². The Balaban J connectivity index is 3.96. The number of carbonyl (C=O) groups is 2. The van der Waals surface area contributed by atoms with Crippen molar-refractivity contribution in [2.75, 3.05) is 0 Å². The molecule has 0 rings (SSSR count). The fourth-order valence-corrected chi connectivity index (χ4v) is 5.18. The number of carbonyl (C=O) groups excluding carboxylic acids is 1. The molecule has 0 bridgehead atoms. The van der Waals surface area contributed by atoms with E-state index in [0.29, 0.717) is 6.42 Å². The number of rotatable bonds is 31. The molecule has 0 aromatic rings. The Kier molecular flexibility index (Phi) is 30.2. The second-order valence-corrected chi connectivity index (χ2v) is 11.7. The Morgan fingerprint density at radius 3 is 1.41 bits per heavy atom. The fraction of sp³-hybridized carbons (Fsp3) is 0.886. The lowest BCUT2D eigenvalue weighted by Gasteiger charge is -2.18. The molecule has 39 heavy (non-hydrogen) atoms. The zero-order chi connectivity index (χ0) is 28.7. The van der Waals surface area contributed by atoms with E-state index in [9.17, 15) is 9.59 Å². The highest BCUT2D eigenvalue weighted by molar-refractivity contribution is 5.69. The van der Waals surface area contributed by atoms with Crippen molar-refractivity contribution in [1.29, 1.82) is 0 Å². The van der Waals surface area contributed by atoms with E-state index in [-0.39, 0.29) is 18.5 Å². The van der Waals surface area contributed by atoms with Crippen LogP contribution >= 0.6 is 0 Å². The molecule has 4 nitrogen and oxygen atoms in total. The number of aliphatic carboxylic acids is 1. The third-order valence-electron chi connectivity index (χ3n) is 7.74. The van der Waals surface area contributed by atoms with Gasteiger partial charge in [-0.1, -0.05) is 129 Å². The van der Waals surface area contributed by atoms with Gasteiger partial charge in [-0.05, 0) is 64.2 Å². The van der Waals surface area contributed by atoms with E-state index in [1.807, 2.05) is 0 Å². The van der Waals surface area contributed by atoms with Crippen LogP contribution in [0.2, 0.25) is 0 Å². The zero-order valence-corrected chi connectivity index (χ0v) is 26.2. The summed E-state index contributed by atoms with van der Waals surface area (Å²) in [5.41, 5.74) is 0. The van der Waals surface area contributed by atoms with Crippen LogP contribution in [0.1, 0.15) is 194 Å². The number of allylic oxidation sites excluding steroid dienone is 2. The molecule has 0 radical (unpaired) electrons. The van der Waals surface area contributed by atoms with Crippen LogP contribution in [0, 0.1) is 0 Å². The molecule has 1 unspecified atom stereocenters. The summed E-state index contributed by atoms with van der Waals surface area (Å²) in [4.78, 5) is 23.2. The molecule has 0 amide bonds. The quantitative estimate of drug-likeness (QED) is 0.0529.